The number of carbonyl (C=O) groups is 1. The zero-order chi connectivity index (χ0) is 28.5. The van der Waals surface area contributed by atoms with Crippen molar-refractivity contribution in [2.24, 2.45) is 5.41 Å². The molecule has 0 spiro atoms. The monoisotopic (exact) mass is 558 g/mol. The molecule has 3 aliphatic rings. The lowest BCUT2D eigenvalue weighted by molar-refractivity contribution is -0.134. The summed E-state index contributed by atoms with van der Waals surface area (Å²) < 4.78 is 18.7. The number of anilines is 1. The van der Waals surface area contributed by atoms with Gasteiger partial charge in [-0.2, -0.15) is 10.4 Å². The van der Waals surface area contributed by atoms with E-state index in [0.29, 0.717) is 24.3 Å². The van der Waals surface area contributed by atoms with Gasteiger partial charge in [-0.15, -0.1) is 0 Å². The SMILES string of the molecule is CCOc1cc(-c2ccc(N3CCC(CC(=O)C4(OC)CC4)(CN4CCOCC4)CC3)nc2)c2c(C#N)cnn2c1. The van der Waals surface area contributed by atoms with E-state index in [9.17, 15) is 10.1 Å². The van der Waals surface area contributed by atoms with Gasteiger partial charge in [-0.25, -0.2) is 9.50 Å². The Labute approximate surface area is 240 Å². The van der Waals surface area contributed by atoms with E-state index < -0.39 is 5.60 Å². The number of hydrogen-bond acceptors (Lipinski definition) is 9. The van der Waals surface area contributed by atoms with Crippen LogP contribution in [0.4, 0.5) is 5.82 Å². The Morgan fingerprint density at radius 3 is 2.54 bits per heavy atom. The first-order chi connectivity index (χ1) is 20.0. The number of ether oxygens (including phenoxy) is 3. The molecule has 2 aliphatic heterocycles. The summed E-state index contributed by atoms with van der Waals surface area (Å²) in [6, 6.07) is 8.29. The van der Waals surface area contributed by atoms with Crippen molar-refractivity contribution in [3.05, 3.63) is 42.4 Å². The first kappa shape index (κ1) is 27.6. The number of pyridine rings is 2. The van der Waals surface area contributed by atoms with E-state index in [1.54, 1.807) is 24.0 Å². The van der Waals surface area contributed by atoms with E-state index in [2.05, 4.69) is 27.0 Å². The molecule has 1 aliphatic carbocycles. The van der Waals surface area contributed by atoms with Gasteiger partial charge in [0.2, 0.25) is 0 Å². The average molecular weight is 559 g/mol. The molecule has 10 nitrogen and oxygen atoms in total. The van der Waals surface area contributed by atoms with Crippen LogP contribution < -0.4 is 9.64 Å². The smallest absolute Gasteiger partial charge is 0.165 e. The summed E-state index contributed by atoms with van der Waals surface area (Å²) in [6.07, 6.45) is 9.34. The van der Waals surface area contributed by atoms with Crippen LogP contribution in [0.2, 0.25) is 0 Å². The lowest BCUT2D eigenvalue weighted by Crippen LogP contribution is -2.50. The Morgan fingerprint density at radius 1 is 1.12 bits per heavy atom. The Balaban J connectivity index is 1.20. The standard InChI is InChI=1S/C31H38N6O4/c1-3-41-25-16-26(29-24(18-32)20-34-37(29)21-25)23-4-5-28(33-19-23)36-10-8-30(9-11-36,22-35-12-14-40-15-13-35)17-27(38)31(39-2)6-7-31/h4-5,16,19-21H,3,6-15,17,22H2,1-2H3. The van der Waals surface area contributed by atoms with Crippen molar-refractivity contribution in [2.45, 2.75) is 44.6 Å². The number of hydrogen-bond donors (Lipinski definition) is 0. The highest BCUT2D eigenvalue weighted by molar-refractivity contribution is 5.90. The summed E-state index contributed by atoms with van der Waals surface area (Å²) in [4.78, 5) is 23.0. The maximum Gasteiger partial charge on any atom is 0.165 e. The zero-order valence-electron chi connectivity index (χ0n) is 24.0. The fourth-order valence-electron chi connectivity index (χ4n) is 6.42. The van der Waals surface area contributed by atoms with Gasteiger partial charge in [0, 0.05) is 63.6 Å². The highest BCUT2D eigenvalue weighted by Gasteiger charge is 2.52. The van der Waals surface area contributed by atoms with Crippen molar-refractivity contribution in [3.63, 3.8) is 0 Å². The largest absolute Gasteiger partial charge is 0.492 e. The van der Waals surface area contributed by atoms with E-state index in [1.807, 2.05) is 25.3 Å². The highest BCUT2D eigenvalue weighted by atomic mass is 16.5. The lowest BCUT2D eigenvalue weighted by Gasteiger charge is -2.45. The Kier molecular flexibility index (Phi) is 7.68. The second-order valence-electron chi connectivity index (χ2n) is 11.6. The van der Waals surface area contributed by atoms with E-state index in [4.69, 9.17) is 19.2 Å². The first-order valence-corrected chi connectivity index (χ1v) is 14.6. The van der Waals surface area contributed by atoms with Crippen LogP contribution in [0, 0.1) is 16.7 Å². The van der Waals surface area contributed by atoms with Crippen LogP contribution in [0.25, 0.3) is 16.6 Å². The minimum Gasteiger partial charge on any atom is -0.492 e. The molecule has 1 saturated carbocycles. The van der Waals surface area contributed by atoms with Crippen LogP contribution in [0.5, 0.6) is 5.75 Å². The molecule has 216 valence electrons. The van der Waals surface area contributed by atoms with Gasteiger partial charge in [-0.1, -0.05) is 0 Å². The molecule has 3 fully saturated rings. The number of ketones is 1. The van der Waals surface area contributed by atoms with Gasteiger partial charge in [-0.3, -0.25) is 9.69 Å². The van der Waals surface area contributed by atoms with Gasteiger partial charge in [-0.05, 0) is 56.2 Å². The summed E-state index contributed by atoms with van der Waals surface area (Å²) in [5.74, 6) is 1.87. The predicted molar refractivity (Wildman–Crippen MR) is 154 cm³/mol. The van der Waals surface area contributed by atoms with Crippen LogP contribution in [-0.2, 0) is 14.3 Å². The summed E-state index contributed by atoms with van der Waals surface area (Å²) >= 11 is 0. The molecule has 0 N–H and O–H groups in total. The molecule has 6 rings (SSSR count). The van der Waals surface area contributed by atoms with Crippen molar-refractivity contribution >= 4 is 17.1 Å². The molecule has 0 aromatic carbocycles. The van der Waals surface area contributed by atoms with Crippen molar-refractivity contribution in [2.75, 3.05) is 64.6 Å². The van der Waals surface area contributed by atoms with Crippen molar-refractivity contribution < 1.29 is 19.0 Å². The summed E-state index contributed by atoms with van der Waals surface area (Å²) in [7, 11) is 1.67. The topological polar surface area (TPSA) is 105 Å². The van der Waals surface area contributed by atoms with Crippen molar-refractivity contribution in [3.8, 4) is 22.9 Å². The predicted octanol–water partition coefficient (Wildman–Crippen LogP) is 3.72. The van der Waals surface area contributed by atoms with E-state index >= 15 is 0 Å². The first-order valence-electron chi connectivity index (χ1n) is 14.6. The minimum atomic E-state index is -0.543. The number of nitriles is 1. The lowest BCUT2D eigenvalue weighted by atomic mass is 9.73. The summed E-state index contributed by atoms with van der Waals surface area (Å²) in [5.41, 5.74) is 2.40. The number of piperidine rings is 1. The molecule has 10 heteroatoms. The quantitative estimate of drug-likeness (QED) is 0.368. The molecule has 0 unspecified atom stereocenters. The normalized spacial score (nSPS) is 20.1. The number of aromatic nitrogens is 3. The van der Waals surface area contributed by atoms with E-state index in [-0.39, 0.29) is 11.2 Å². The summed E-state index contributed by atoms with van der Waals surface area (Å²) in [5, 5.41) is 14.0. The number of methoxy groups -OCH3 is 1. The molecule has 0 radical (unpaired) electrons. The second kappa shape index (κ2) is 11.4. The van der Waals surface area contributed by atoms with Crippen molar-refractivity contribution in [1.29, 1.82) is 5.26 Å². The van der Waals surface area contributed by atoms with Crippen LogP contribution in [-0.4, -0.2) is 90.5 Å². The Hall–Kier alpha value is -3.52. The van der Waals surface area contributed by atoms with Gasteiger partial charge in [0.1, 0.15) is 23.2 Å². The molecule has 0 atom stereocenters. The summed E-state index contributed by atoms with van der Waals surface area (Å²) in [6.45, 7) is 8.42. The Morgan fingerprint density at radius 2 is 1.90 bits per heavy atom. The van der Waals surface area contributed by atoms with Gasteiger partial charge in [0.15, 0.2) is 5.78 Å². The molecular weight excluding hydrogens is 520 g/mol. The maximum absolute atomic E-state index is 13.4. The third kappa shape index (κ3) is 5.54. The molecule has 41 heavy (non-hydrogen) atoms. The number of morpholine rings is 1. The third-order valence-corrected chi connectivity index (χ3v) is 9.03. The Bertz CT molecular complexity index is 1430. The molecule has 2 saturated heterocycles. The molecule has 0 amide bonds. The van der Waals surface area contributed by atoms with E-state index in [0.717, 1.165) is 94.1 Å². The zero-order valence-corrected chi connectivity index (χ0v) is 24.0. The number of fused-ring (bicyclic) bond motifs is 1. The molecule has 5 heterocycles. The fraction of sp³-hybridized carbons (Fsp3) is 0.548. The van der Waals surface area contributed by atoms with Crippen LogP contribution in [0.15, 0.2) is 36.8 Å². The third-order valence-electron chi connectivity index (χ3n) is 9.03. The van der Waals surface area contributed by atoms with Gasteiger partial charge < -0.3 is 19.1 Å². The molecular formula is C31H38N6O4. The number of carbonyl (C=O) groups excluding carboxylic acids is 1. The number of nitrogens with zero attached hydrogens (tertiary/aromatic N) is 6. The second-order valence-corrected chi connectivity index (χ2v) is 11.6. The van der Waals surface area contributed by atoms with Gasteiger partial charge in [0.25, 0.3) is 0 Å². The number of rotatable bonds is 10. The highest BCUT2D eigenvalue weighted by Crippen LogP contribution is 2.46. The van der Waals surface area contributed by atoms with Gasteiger partial charge in [0.05, 0.1) is 43.3 Å². The molecule has 0 bridgehead atoms. The van der Waals surface area contributed by atoms with Crippen LogP contribution in [0.1, 0.15) is 44.6 Å². The van der Waals surface area contributed by atoms with E-state index in [1.165, 1.54) is 0 Å². The van der Waals surface area contributed by atoms with Crippen molar-refractivity contribution in [1.82, 2.24) is 19.5 Å². The fourth-order valence-corrected chi connectivity index (χ4v) is 6.42. The minimum absolute atomic E-state index is 0.0694. The number of Topliss-reactive ketones (excluding diaryl/α,β-unsaturated/α-hetero) is 1. The van der Waals surface area contributed by atoms with Crippen LogP contribution in [0.3, 0.4) is 0 Å². The average Bonchev–Trinajstić information content (AvgIpc) is 3.71. The maximum atomic E-state index is 13.4. The molecule has 3 aromatic rings. The molecule has 3 aromatic heterocycles. The van der Waals surface area contributed by atoms with Gasteiger partial charge >= 0.3 is 0 Å². The van der Waals surface area contributed by atoms with Crippen LogP contribution >= 0.6 is 0 Å².